The van der Waals surface area contributed by atoms with E-state index in [-0.39, 0.29) is 11.3 Å². The molecule has 1 amide bonds. The van der Waals surface area contributed by atoms with Gasteiger partial charge >= 0.3 is 0 Å². The molecule has 1 heterocycles. The molecule has 194 valence electrons. The Balaban J connectivity index is 2.06. The molecule has 1 N–H and O–H groups in total. The number of halogens is 2. The maximum atomic E-state index is 13.3. The van der Waals surface area contributed by atoms with Crippen LogP contribution in [0.25, 0.3) is 5.76 Å². The molecule has 0 bridgehead atoms. The maximum absolute atomic E-state index is 13.3. The van der Waals surface area contributed by atoms with Crippen LogP contribution in [0.1, 0.15) is 56.3 Å². The Morgan fingerprint density at radius 1 is 1.06 bits per heavy atom. The number of nitrogens with zero attached hydrogens (tertiary/aromatic N) is 2. The number of ketones is 1. The van der Waals surface area contributed by atoms with Crippen molar-refractivity contribution in [3.8, 4) is 5.75 Å². The smallest absolute Gasteiger partial charge is 0.295 e. The summed E-state index contributed by atoms with van der Waals surface area (Å²) in [7, 11) is 0. The van der Waals surface area contributed by atoms with E-state index in [0.717, 1.165) is 37.2 Å². The third-order valence-electron chi connectivity index (χ3n) is 6.55. The lowest BCUT2D eigenvalue weighted by Gasteiger charge is -2.28. The van der Waals surface area contributed by atoms with Gasteiger partial charge < -0.3 is 19.6 Å². The number of hydrogen-bond acceptors (Lipinski definition) is 5. The Morgan fingerprint density at radius 3 is 2.39 bits per heavy atom. The van der Waals surface area contributed by atoms with Crippen LogP contribution in [-0.2, 0) is 9.59 Å². The van der Waals surface area contributed by atoms with Crippen molar-refractivity contribution < 1.29 is 19.4 Å². The zero-order chi connectivity index (χ0) is 26.4. The van der Waals surface area contributed by atoms with Crippen LogP contribution in [0.15, 0.2) is 42.0 Å². The Morgan fingerprint density at radius 2 is 1.78 bits per heavy atom. The first-order valence-corrected chi connectivity index (χ1v) is 13.2. The van der Waals surface area contributed by atoms with Crippen LogP contribution in [0, 0.1) is 6.92 Å². The number of aliphatic hydroxyl groups is 1. The zero-order valence-electron chi connectivity index (χ0n) is 21.3. The second-order valence-electron chi connectivity index (χ2n) is 8.88. The number of carbonyl (C=O) groups is 2. The highest BCUT2D eigenvalue weighted by Crippen LogP contribution is 2.41. The Bertz CT molecular complexity index is 1140. The lowest BCUT2D eigenvalue weighted by atomic mass is 9.94. The van der Waals surface area contributed by atoms with Gasteiger partial charge in [0.05, 0.1) is 28.3 Å². The number of Topliss-reactive ketones (excluding diaryl/α,β-unsaturated/α-hetero) is 1. The molecule has 1 unspecified atom stereocenters. The molecule has 0 saturated carbocycles. The van der Waals surface area contributed by atoms with Crippen molar-refractivity contribution in [2.75, 3.05) is 32.8 Å². The van der Waals surface area contributed by atoms with Gasteiger partial charge in [0, 0.05) is 18.7 Å². The van der Waals surface area contributed by atoms with E-state index in [1.165, 1.54) is 4.90 Å². The van der Waals surface area contributed by atoms with Gasteiger partial charge in [0.1, 0.15) is 11.5 Å². The summed E-state index contributed by atoms with van der Waals surface area (Å²) in [4.78, 5) is 30.1. The minimum atomic E-state index is -0.781. The number of likely N-dealkylation sites (tertiary alicyclic amines) is 1. The van der Waals surface area contributed by atoms with Gasteiger partial charge in [0.2, 0.25) is 0 Å². The molecule has 1 saturated heterocycles. The van der Waals surface area contributed by atoms with Gasteiger partial charge in [-0.25, -0.2) is 0 Å². The van der Waals surface area contributed by atoms with Gasteiger partial charge in [-0.3, -0.25) is 9.59 Å². The van der Waals surface area contributed by atoms with E-state index >= 15 is 0 Å². The number of aliphatic hydroxyl groups excluding tert-OH is 1. The predicted octanol–water partition coefficient (Wildman–Crippen LogP) is 6.24. The Kier molecular flexibility index (Phi) is 9.83. The Labute approximate surface area is 223 Å². The third kappa shape index (κ3) is 6.05. The van der Waals surface area contributed by atoms with E-state index in [9.17, 15) is 14.7 Å². The van der Waals surface area contributed by atoms with Gasteiger partial charge in [-0.1, -0.05) is 56.5 Å². The monoisotopic (exact) mass is 532 g/mol. The van der Waals surface area contributed by atoms with Crippen LogP contribution in [0.5, 0.6) is 5.75 Å². The molecule has 36 heavy (non-hydrogen) atoms. The Hall–Kier alpha value is -2.54. The molecule has 2 aromatic carbocycles. The fraction of sp³-hybridized carbons (Fsp3) is 0.429. The van der Waals surface area contributed by atoms with Crippen LogP contribution in [-0.4, -0.2) is 59.4 Å². The summed E-state index contributed by atoms with van der Waals surface area (Å²) in [6.45, 7) is 11.3. The van der Waals surface area contributed by atoms with Crippen molar-refractivity contribution in [1.82, 2.24) is 9.80 Å². The first kappa shape index (κ1) is 28.0. The van der Waals surface area contributed by atoms with E-state index in [1.54, 1.807) is 36.4 Å². The molecule has 0 radical (unpaired) electrons. The highest BCUT2D eigenvalue weighted by Gasteiger charge is 2.46. The van der Waals surface area contributed by atoms with E-state index in [4.69, 9.17) is 27.9 Å². The van der Waals surface area contributed by atoms with Crippen LogP contribution in [0.2, 0.25) is 10.0 Å². The highest BCUT2D eigenvalue weighted by molar-refractivity contribution is 6.46. The molecule has 0 aromatic heterocycles. The molecule has 1 aliphatic rings. The molecule has 6 nitrogen and oxygen atoms in total. The van der Waals surface area contributed by atoms with Crippen molar-refractivity contribution in [3.63, 3.8) is 0 Å². The van der Waals surface area contributed by atoms with Gasteiger partial charge in [-0.15, -0.1) is 0 Å². The fourth-order valence-corrected chi connectivity index (χ4v) is 4.68. The summed E-state index contributed by atoms with van der Waals surface area (Å²) in [5.74, 6) is -0.862. The number of hydrogen-bond donors (Lipinski definition) is 1. The van der Waals surface area contributed by atoms with Crippen molar-refractivity contribution in [2.24, 2.45) is 0 Å². The molecule has 1 atom stereocenters. The van der Waals surface area contributed by atoms with Crippen LogP contribution in [0.4, 0.5) is 0 Å². The summed E-state index contributed by atoms with van der Waals surface area (Å²) < 4.78 is 5.82. The molecular weight excluding hydrogens is 499 g/mol. The second-order valence-corrected chi connectivity index (χ2v) is 9.69. The number of unbranched alkanes of at least 4 members (excludes halogenated alkanes) is 1. The number of amides is 1. The number of aryl methyl sites for hydroxylation is 1. The molecule has 0 spiro atoms. The molecule has 0 aliphatic carbocycles. The van der Waals surface area contributed by atoms with E-state index < -0.39 is 17.7 Å². The molecule has 2 aromatic rings. The van der Waals surface area contributed by atoms with Crippen molar-refractivity contribution in [1.29, 1.82) is 0 Å². The normalized spacial score (nSPS) is 17.3. The SMILES string of the molecule is CCCCOc1ccc(/C(O)=C2\C(=O)C(=O)N(CCN(CC)CC)C2c2ccc(Cl)c(Cl)c2)cc1C. The molecular formula is C28H34Cl2N2O4. The molecule has 1 fully saturated rings. The van der Waals surface area contributed by atoms with E-state index in [1.807, 2.05) is 20.8 Å². The molecule has 3 rings (SSSR count). The first-order valence-electron chi connectivity index (χ1n) is 12.4. The van der Waals surface area contributed by atoms with Crippen LogP contribution < -0.4 is 4.74 Å². The van der Waals surface area contributed by atoms with Crippen LogP contribution in [0.3, 0.4) is 0 Å². The minimum Gasteiger partial charge on any atom is -0.507 e. The van der Waals surface area contributed by atoms with Gasteiger partial charge in [-0.2, -0.15) is 0 Å². The summed E-state index contributed by atoms with van der Waals surface area (Å²) in [5, 5.41) is 12.0. The fourth-order valence-electron chi connectivity index (χ4n) is 4.37. The zero-order valence-corrected chi connectivity index (χ0v) is 22.8. The first-order chi connectivity index (χ1) is 17.2. The number of benzene rings is 2. The van der Waals surface area contributed by atoms with E-state index in [2.05, 4.69) is 11.8 Å². The average molecular weight is 533 g/mol. The quantitative estimate of drug-likeness (QED) is 0.160. The second kappa shape index (κ2) is 12.6. The van der Waals surface area contributed by atoms with Gasteiger partial charge in [0.25, 0.3) is 11.7 Å². The number of ether oxygens (including phenoxy) is 1. The van der Waals surface area contributed by atoms with Crippen LogP contribution >= 0.6 is 23.2 Å². The van der Waals surface area contributed by atoms with Gasteiger partial charge in [0.15, 0.2) is 0 Å². The lowest BCUT2D eigenvalue weighted by molar-refractivity contribution is -0.140. The molecule has 1 aliphatic heterocycles. The number of rotatable bonds is 11. The highest BCUT2D eigenvalue weighted by atomic mass is 35.5. The predicted molar refractivity (Wildman–Crippen MR) is 145 cm³/mol. The number of likely N-dealkylation sites (N-methyl/N-ethyl adjacent to an activating group) is 1. The lowest BCUT2D eigenvalue weighted by Crippen LogP contribution is -2.38. The third-order valence-corrected chi connectivity index (χ3v) is 7.29. The average Bonchev–Trinajstić information content (AvgIpc) is 3.12. The summed E-state index contributed by atoms with van der Waals surface area (Å²) in [6.07, 6.45) is 1.97. The van der Waals surface area contributed by atoms with Gasteiger partial charge in [-0.05, 0) is 67.9 Å². The standard InChI is InChI=1S/C28H34Cl2N2O4/c1-5-8-15-36-23-12-10-20(16-18(23)4)26(33)24-25(19-9-11-21(29)22(30)17-19)32(28(35)27(24)34)14-13-31(6-2)7-3/h9-12,16-17,25,33H,5-8,13-15H2,1-4H3/b26-24+. The summed E-state index contributed by atoms with van der Waals surface area (Å²) in [5.41, 5.74) is 1.93. The maximum Gasteiger partial charge on any atom is 0.295 e. The topological polar surface area (TPSA) is 70.1 Å². The van der Waals surface area contributed by atoms with Crippen molar-refractivity contribution >= 4 is 40.7 Å². The summed E-state index contributed by atoms with van der Waals surface area (Å²) >= 11 is 12.4. The number of carbonyl (C=O) groups excluding carboxylic acids is 2. The summed E-state index contributed by atoms with van der Waals surface area (Å²) in [6, 6.07) is 9.49. The minimum absolute atomic E-state index is 0.0389. The van der Waals surface area contributed by atoms with E-state index in [0.29, 0.717) is 40.9 Å². The molecule has 8 heteroatoms. The largest absolute Gasteiger partial charge is 0.507 e. The van der Waals surface area contributed by atoms with Crippen molar-refractivity contribution in [3.05, 3.63) is 68.7 Å². The van der Waals surface area contributed by atoms with Crippen molar-refractivity contribution in [2.45, 2.75) is 46.6 Å².